The Labute approximate surface area is 157 Å². The van der Waals surface area contributed by atoms with Gasteiger partial charge in [-0.15, -0.1) is 12.4 Å². The molecule has 1 saturated heterocycles. The summed E-state index contributed by atoms with van der Waals surface area (Å²) in [6.45, 7) is 1.69. The van der Waals surface area contributed by atoms with E-state index in [0.29, 0.717) is 5.69 Å². The molecule has 0 aliphatic carbocycles. The molecule has 2 rings (SSSR count). The number of nitrogens with zero attached hydrogens (tertiary/aromatic N) is 2. The third kappa shape index (κ3) is 6.78. The summed E-state index contributed by atoms with van der Waals surface area (Å²) >= 11 is 5.89. The first-order chi connectivity index (χ1) is 11.3. The van der Waals surface area contributed by atoms with Gasteiger partial charge in [0.1, 0.15) is 5.82 Å². The van der Waals surface area contributed by atoms with Crippen molar-refractivity contribution in [2.45, 2.75) is 18.9 Å². The lowest BCUT2D eigenvalue weighted by molar-refractivity contribution is -0.138. The molecule has 0 aromatic heterocycles. The maximum atomic E-state index is 13.0. The highest BCUT2D eigenvalue weighted by Crippen LogP contribution is 2.22. The van der Waals surface area contributed by atoms with E-state index in [9.17, 15) is 14.0 Å². The van der Waals surface area contributed by atoms with Crippen molar-refractivity contribution in [1.82, 2.24) is 9.80 Å². The van der Waals surface area contributed by atoms with Gasteiger partial charge < -0.3 is 10.4 Å². The summed E-state index contributed by atoms with van der Waals surface area (Å²) in [6, 6.07) is 4.04. The minimum absolute atomic E-state index is 0. The van der Waals surface area contributed by atoms with Crippen molar-refractivity contribution >= 4 is 41.6 Å². The number of carbonyl (C=O) groups is 2. The van der Waals surface area contributed by atoms with Crippen molar-refractivity contribution in [3.8, 4) is 0 Å². The van der Waals surface area contributed by atoms with Gasteiger partial charge in [-0.2, -0.15) is 0 Å². The highest BCUT2D eigenvalue weighted by Gasteiger charge is 2.24. The molecule has 1 aliphatic rings. The molecule has 140 valence electrons. The van der Waals surface area contributed by atoms with Crippen LogP contribution in [0.25, 0.3) is 0 Å². The average Bonchev–Trinajstić information content (AvgIpc) is 2.50. The minimum atomic E-state index is -0.838. The number of aliphatic carboxylic acids is 1. The fourth-order valence-electron chi connectivity index (χ4n) is 2.84. The van der Waals surface area contributed by atoms with Crippen LogP contribution in [0.1, 0.15) is 12.8 Å². The SMILES string of the molecule is CN(CC(=O)O)C1CCN(CC(=O)Nc2ccc(F)cc2Cl)CC1.Cl. The molecule has 1 aromatic rings. The normalized spacial score (nSPS) is 15.7. The second-order valence-electron chi connectivity index (χ2n) is 5.99. The van der Waals surface area contributed by atoms with E-state index in [1.165, 1.54) is 12.1 Å². The largest absolute Gasteiger partial charge is 0.480 e. The number of piperidine rings is 1. The molecule has 1 heterocycles. The van der Waals surface area contributed by atoms with Crippen LogP contribution < -0.4 is 5.32 Å². The van der Waals surface area contributed by atoms with Crippen LogP contribution in [0, 0.1) is 5.82 Å². The molecule has 1 aliphatic heterocycles. The highest BCUT2D eigenvalue weighted by molar-refractivity contribution is 6.33. The number of likely N-dealkylation sites (N-methyl/N-ethyl adjacent to an activating group) is 1. The number of halogens is 3. The zero-order chi connectivity index (χ0) is 17.7. The molecule has 1 amide bonds. The van der Waals surface area contributed by atoms with Gasteiger partial charge in [0.25, 0.3) is 0 Å². The minimum Gasteiger partial charge on any atom is -0.480 e. The number of carbonyl (C=O) groups excluding carboxylic acids is 1. The van der Waals surface area contributed by atoms with E-state index in [0.717, 1.165) is 32.0 Å². The van der Waals surface area contributed by atoms with Gasteiger partial charge in [0.15, 0.2) is 0 Å². The smallest absolute Gasteiger partial charge is 0.317 e. The number of hydrogen-bond donors (Lipinski definition) is 2. The van der Waals surface area contributed by atoms with Crippen LogP contribution in [-0.2, 0) is 9.59 Å². The van der Waals surface area contributed by atoms with Gasteiger partial charge in [0.05, 0.1) is 23.8 Å². The van der Waals surface area contributed by atoms with Gasteiger partial charge in [-0.05, 0) is 38.1 Å². The Morgan fingerprint density at radius 3 is 2.60 bits per heavy atom. The maximum absolute atomic E-state index is 13.0. The fraction of sp³-hybridized carbons (Fsp3) is 0.500. The van der Waals surface area contributed by atoms with Crippen molar-refractivity contribution in [2.24, 2.45) is 0 Å². The number of anilines is 1. The molecule has 0 bridgehead atoms. The Kier molecular flexibility index (Phi) is 8.58. The summed E-state index contributed by atoms with van der Waals surface area (Å²) in [4.78, 5) is 26.7. The first-order valence-electron chi connectivity index (χ1n) is 7.74. The standard InChI is InChI=1S/C16H21ClFN3O3.ClH/c1-20(10-16(23)24)12-4-6-21(7-5-12)9-15(22)19-14-3-2-11(18)8-13(14)17;/h2-3,8,12H,4-7,9-10H2,1H3,(H,19,22)(H,23,24);1H. The molecule has 2 N–H and O–H groups in total. The van der Waals surface area contributed by atoms with Gasteiger partial charge in [0, 0.05) is 19.1 Å². The van der Waals surface area contributed by atoms with Crippen LogP contribution in [0.15, 0.2) is 18.2 Å². The Morgan fingerprint density at radius 1 is 1.40 bits per heavy atom. The number of benzene rings is 1. The maximum Gasteiger partial charge on any atom is 0.317 e. The van der Waals surface area contributed by atoms with Crippen LogP contribution in [-0.4, -0.2) is 66.1 Å². The molecular formula is C16H22Cl2FN3O3. The lowest BCUT2D eigenvalue weighted by atomic mass is 10.0. The Hall–Kier alpha value is -1.41. The second kappa shape index (κ2) is 9.91. The lowest BCUT2D eigenvalue weighted by Gasteiger charge is -2.35. The summed E-state index contributed by atoms with van der Waals surface area (Å²) in [7, 11) is 1.80. The topological polar surface area (TPSA) is 72.9 Å². The highest BCUT2D eigenvalue weighted by atomic mass is 35.5. The van der Waals surface area contributed by atoms with E-state index < -0.39 is 11.8 Å². The van der Waals surface area contributed by atoms with E-state index >= 15 is 0 Å². The van der Waals surface area contributed by atoms with E-state index in [1.807, 2.05) is 9.80 Å². The van der Waals surface area contributed by atoms with E-state index in [2.05, 4.69) is 5.32 Å². The number of hydrogen-bond acceptors (Lipinski definition) is 4. The number of rotatable bonds is 6. The summed E-state index contributed by atoms with van der Waals surface area (Å²) in [5.41, 5.74) is 0.388. The molecule has 1 aromatic carbocycles. The molecule has 0 radical (unpaired) electrons. The van der Waals surface area contributed by atoms with Gasteiger partial charge in [-0.3, -0.25) is 19.4 Å². The monoisotopic (exact) mass is 393 g/mol. The third-order valence-electron chi connectivity index (χ3n) is 4.14. The van der Waals surface area contributed by atoms with Crippen LogP contribution in [0.5, 0.6) is 0 Å². The molecule has 25 heavy (non-hydrogen) atoms. The third-order valence-corrected chi connectivity index (χ3v) is 4.45. The van der Waals surface area contributed by atoms with Gasteiger partial charge in [0.2, 0.25) is 5.91 Å². The number of nitrogens with one attached hydrogen (secondary N) is 1. The Balaban J connectivity index is 0.00000312. The van der Waals surface area contributed by atoms with Gasteiger partial charge in [-0.25, -0.2) is 4.39 Å². The van der Waals surface area contributed by atoms with Crippen molar-refractivity contribution in [3.63, 3.8) is 0 Å². The van der Waals surface area contributed by atoms with Crippen molar-refractivity contribution < 1.29 is 19.1 Å². The zero-order valence-corrected chi connectivity index (χ0v) is 15.4. The molecule has 0 saturated carbocycles. The number of likely N-dealkylation sites (tertiary alicyclic amines) is 1. The van der Waals surface area contributed by atoms with Crippen LogP contribution in [0.2, 0.25) is 5.02 Å². The van der Waals surface area contributed by atoms with Crippen molar-refractivity contribution in [2.75, 3.05) is 38.5 Å². The fourth-order valence-corrected chi connectivity index (χ4v) is 3.06. The molecule has 0 atom stereocenters. The number of carboxylic acids is 1. The van der Waals surface area contributed by atoms with Gasteiger partial charge in [-0.1, -0.05) is 11.6 Å². The Morgan fingerprint density at radius 2 is 2.04 bits per heavy atom. The van der Waals surface area contributed by atoms with Crippen LogP contribution in [0.4, 0.5) is 10.1 Å². The average molecular weight is 394 g/mol. The number of carboxylic acid groups (broad SMARTS) is 1. The quantitative estimate of drug-likeness (QED) is 0.775. The van der Waals surface area contributed by atoms with Gasteiger partial charge >= 0.3 is 5.97 Å². The van der Waals surface area contributed by atoms with E-state index in [-0.39, 0.29) is 42.5 Å². The first kappa shape index (κ1) is 21.6. The summed E-state index contributed by atoms with van der Waals surface area (Å²) in [5, 5.41) is 11.7. The number of amides is 1. The molecule has 1 fully saturated rings. The molecule has 9 heteroatoms. The summed E-state index contributed by atoms with van der Waals surface area (Å²) in [6.07, 6.45) is 1.63. The second-order valence-corrected chi connectivity index (χ2v) is 6.40. The van der Waals surface area contributed by atoms with E-state index in [4.69, 9.17) is 16.7 Å². The lowest BCUT2D eigenvalue weighted by Crippen LogP contribution is -2.46. The molecule has 6 nitrogen and oxygen atoms in total. The summed E-state index contributed by atoms with van der Waals surface area (Å²) in [5.74, 6) is -1.50. The zero-order valence-electron chi connectivity index (χ0n) is 13.9. The first-order valence-corrected chi connectivity index (χ1v) is 8.12. The van der Waals surface area contributed by atoms with Crippen molar-refractivity contribution in [3.05, 3.63) is 29.0 Å². The van der Waals surface area contributed by atoms with Crippen LogP contribution >= 0.6 is 24.0 Å². The van der Waals surface area contributed by atoms with Crippen LogP contribution in [0.3, 0.4) is 0 Å². The molecule has 0 spiro atoms. The predicted octanol–water partition coefficient (Wildman–Crippen LogP) is 2.32. The molecule has 0 unspecified atom stereocenters. The summed E-state index contributed by atoms with van der Waals surface area (Å²) < 4.78 is 13.0. The van der Waals surface area contributed by atoms with Crippen molar-refractivity contribution in [1.29, 1.82) is 0 Å². The molecular weight excluding hydrogens is 372 g/mol. The predicted molar refractivity (Wildman–Crippen MR) is 97.0 cm³/mol. The Bertz CT molecular complexity index is 610. The van der Waals surface area contributed by atoms with E-state index in [1.54, 1.807) is 7.05 Å².